The number of aryl methyl sites for hydroxylation is 2. The van der Waals surface area contributed by atoms with Crippen LogP contribution in [-0.2, 0) is 9.46 Å². The molecule has 0 spiro atoms. The monoisotopic (exact) mass is 280 g/mol. The molecule has 1 aromatic carbocycles. The van der Waals surface area contributed by atoms with E-state index < -0.39 is 14.3 Å². The molecule has 106 valence electrons. The zero-order chi connectivity index (χ0) is 14.8. The second-order valence-electron chi connectivity index (χ2n) is 6.48. The van der Waals surface area contributed by atoms with Crippen molar-refractivity contribution >= 4 is 14.3 Å². The number of rotatable bonds is 3. The highest BCUT2D eigenvalue weighted by molar-refractivity contribution is 6.73. The van der Waals surface area contributed by atoms with Gasteiger partial charge in [-0.25, -0.2) is 9.37 Å². The molecule has 0 aliphatic rings. The van der Waals surface area contributed by atoms with Gasteiger partial charge in [-0.05, 0) is 43.1 Å². The summed E-state index contributed by atoms with van der Waals surface area (Å²) in [6.45, 7) is 14.2. The van der Waals surface area contributed by atoms with Crippen LogP contribution >= 0.6 is 0 Å². The molecule has 1 aromatic rings. The maximum atomic E-state index is 12.1. The van der Waals surface area contributed by atoms with E-state index in [1.165, 1.54) is 0 Å². The van der Waals surface area contributed by atoms with Crippen molar-refractivity contribution in [2.45, 2.75) is 52.8 Å². The lowest BCUT2D eigenvalue weighted by Crippen LogP contribution is -2.41. The minimum absolute atomic E-state index is 0.00799. The highest BCUT2D eigenvalue weighted by Crippen LogP contribution is 2.36. The van der Waals surface area contributed by atoms with Crippen molar-refractivity contribution < 1.29 is 14.3 Å². The molecule has 19 heavy (non-hydrogen) atoms. The smallest absolute Gasteiger partial charge is 0.305 e. The van der Waals surface area contributed by atoms with Crippen LogP contribution < -0.4 is 0 Å². The fraction of sp³-hybridized carbons (Fsp3) is 0.533. The number of carbonyl (C=O) groups is 1. The molecule has 0 N–H and O–H groups in total. The Morgan fingerprint density at radius 1 is 1.11 bits per heavy atom. The third-order valence-corrected chi connectivity index (χ3v) is 7.93. The van der Waals surface area contributed by atoms with Gasteiger partial charge >= 0.3 is 5.97 Å². The number of hydrogen-bond donors (Lipinski definition) is 0. The molecule has 0 saturated heterocycles. The largest absolute Gasteiger partial charge is 0.372 e. The van der Waals surface area contributed by atoms with E-state index in [4.69, 9.17) is 9.46 Å². The highest BCUT2D eigenvalue weighted by Gasteiger charge is 2.40. The summed E-state index contributed by atoms with van der Waals surface area (Å²) in [5, 5.41) is 0.00799. The Morgan fingerprint density at radius 2 is 1.58 bits per heavy atom. The topological polar surface area (TPSA) is 35.5 Å². The number of benzene rings is 1. The lowest BCUT2D eigenvalue weighted by Gasteiger charge is -2.33. The first-order valence-electron chi connectivity index (χ1n) is 6.52. The summed E-state index contributed by atoms with van der Waals surface area (Å²) >= 11 is 0. The van der Waals surface area contributed by atoms with Gasteiger partial charge in [-0.15, -0.1) is 0 Å². The SMILES string of the molecule is Cc1cccc(C)c1C(=O)OO[Si](C)(C)C(C)(C)C. The standard InChI is InChI=1S/C15H24O3Si/c1-11-9-8-10-12(2)13(11)14(16)17-18-19(6,7)15(3,4)5/h8-10H,1-7H3. The predicted octanol–water partition coefficient (Wildman–Crippen LogP) is 4.40. The molecular formula is C15H24O3Si. The Kier molecular flexibility index (Phi) is 4.58. The predicted molar refractivity (Wildman–Crippen MR) is 79.6 cm³/mol. The van der Waals surface area contributed by atoms with Gasteiger partial charge < -0.3 is 4.89 Å². The lowest BCUT2D eigenvalue weighted by atomic mass is 10.0. The van der Waals surface area contributed by atoms with Crippen LogP contribution in [0.15, 0.2) is 18.2 Å². The molecule has 0 bridgehead atoms. The summed E-state index contributed by atoms with van der Waals surface area (Å²) in [5.74, 6) is -0.402. The molecule has 0 unspecified atom stereocenters. The number of carbonyl (C=O) groups excluding carboxylic acids is 1. The molecular weight excluding hydrogens is 256 g/mol. The molecule has 4 heteroatoms. The Bertz CT molecular complexity index is 453. The molecule has 0 radical (unpaired) electrons. The minimum atomic E-state index is -2.08. The van der Waals surface area contributed by atoms with Crippen LogP contribution in [0.5, 0.6) is 0 Å². The average molecular weight is 280 g/mol. The summed E-state index contributed by atoms with van der Waals surface area (Å²) in [5.41, 5.74) is 2.41. The molecule has 0 saturated carbocycles. The van der Waals surface area contributed by atoms with E-state index in [-0.39, 0.29) is 5.04 Å². The van der Waals surface area contributed by atoms with Crippen molar-refractivity contribution in [2.24, 2.45) is 0 Å². The van der Waals surface area contributed by atoms with Crippen LogP contribution in [0.1, 0.15) is 42.3 Å². The number of hydrogen-bond acceptors (Lipinski definition) is 3. The average Bonchev–Trinajstić information content (AvgIpc) is 2.24. The molecule has 0 aromatic heterocycles. The third kappa shape index (κ3) is 3.67. The first-order valence-corrected chi connectivity index (χ1v) is 9.43. The second-order valence-corrected chi connectivity index (χ2v) is 11.2. The molecule has 3 nitrogen and oxygen atoms in total. The quantitative estimate of drug-likeness (QED) is 0.468. The molecule has 1 rings (SSSR count). The summed E-state index contributed by atoms with van der Waals surface area (Å²) in [6, 6.07) is 5.72. The maximum absolute atomic E-state index is 12.1. The van der Waals surface area contributed by atoms with E-state index in [1.54, 1.807) is 0 Å². The Labute approximate surface area is 117 Å². The summed E-state index contributed by atoms with van der Waals surface area (Å²) in [6.07, 6.45) is 0. The van der Waals surface area contributed by atoms with Crippen LogP contribution in [0.2, 0.25) is 18.1 Å². The second kappa shape index (κ2) is 5.47. The van der Waals surface area contributed by atoms with Crippen molar-refractivity contribution in [3.63, 3.8) is 0 Å². The fourth-order valence-electron chi connectivity index (χ4n) is 1.45. The van der Waals surface area contributed by atoms with E-state index in [0.717, 1.165) is 11.1 Å². The first kappa shape index (κ1) is 15.9. The van der Waals surface area contributed by atoms with Gasteiger partial charge in [0.05, 0.1) is 5.56 Å². The zero-order valence-electron chi connectivity index (χ0n) is 13.0. The van der Waals surface area contributed by atoms with E-state index in [9.17, 15) is 4.79 Å². The van der Waals surface area contributed by atoms with Gasteiger partial charge in [-0.3, -0.25) is 0 Å². The van der Waals surface area contributed by atoms with Gasteiger partial charge in [0.2, 0.25) is 0 Å². The zero-order valence-corrected chi connectivity index (χ0v) is 14.0. The van der Waals surface area contributed by atoms with Gasteiger partial charge in [-0.1, -0.05) is 39.0 Å². The van der Waals surface area contributed by atoms with E-state index in [0.29, 0.717) is 5.56 Å². The molecule has 0 amide bonds. The Morgan fingerprint density at radius 3 is 2.00 bits per heavy atom. The van der Waals surface area contributed by atoms with Crippen molar-refractivity contribution in [1.29, 1.82) is 0 Å². The van der Waals surface area contributed by atoms with Crippen LogP contribution in [0.25, 0.3) is 0 Å². The summed E-state index contributed by atoms with van der Waals surface area (Å²) in [4.78, 5) is 17.2. The highest BCUT2D eigenvalue weighted by atomic mass is 28.4. The van der Waals surface area contributed by atoms with Gasteiger partial charge in [0.1, 0.15) is 0 Å². The van der Waals surface area contributed by atoms with E-state index in [2.05, 4.69) is 20.8 Å². The van der Waals surface area contributed by atoms with Gasteiger partial charge in [-0.2, -0.15) is 0 Å². The van der Waals surface area contributed by atoms with Crippen molar-refractivity contribution in [3.8, 4) is 0 Å². The van der Waals surface area contributed by atoms with E-state index in [1.807, 2.05) is 45.1 Å². The van der Waals surface area contributed by atoms with Crippen LogP contribution in [0.3, 0.4) is 0 Å². The van der Waals surface area contributed by atoms with Crippen molar-refractivity contribution in [2.75, 3.05) is 0 Å². The Hall–Kier alpha value is -1.13. The molecule has 0 atom stereocenters. The first-order chi connectivity index (χ1) is 8.56. The lowest BCUT2D eigenvalue weighted by molar-refractivity contribution is -0.163. The summed E-state index contributed by atoms with van der Waals surface area (Å²) < 4.78 is 5.51. The van der Waals surface area contributed by atoms with Crippen molar-refractivity contribution in [1.82, 2.24) is 0 Å². The van der Waals surface area contributed by atoms with Crippen LogP contribution in [0.4, 0.5) is 0 Å². The van der Waals surface area contributed by atoms with E-state index >= 15 is 0 Å². The molecule has 0 heterocycles. The summed E-state index contributed by atoms with van der Waals surface area (Å²) in [7, 11) is -2.08. The van der Waals surface area contributed by atoms with Gasteiger partial charge in [0, 0.05) is 0 Å². The molecule has 0 aliphatic heterocycles. The molecule has 0 aliphatic carbocycles. The van der Waals surface area contributed by atoms with Gasteiger partial charge in [0.25, 0.3) is 8.32 Å². The van der Waals surface area contributed by atoms with Gasteiger partial charge in [0.15, 0.2) is 0 Å². The fourth-order valence-corrected chi connectivity index (χ4v) is 1.98. The minimum Gasteiger partial charge on any atom is -0.305 e. The van der Waals surface area contributed by atoms with Crippen LogP contribution in [-0.4, -0.2) is 14.3 Å². The van der Waals surface area contributed by atoms with Crippen molar-refractivity contribution in [3.05, 3.63) is 34.9 Å². The Balaban J connectivity index is 2.83. The molecule has 0 fully saturated rings. The van der Waals surface area contributed by atoms with Crippen LogP contribution in [0, 0.1) is 13.8 Å². The normalized spacial score (nSPS) is 12.4. The third-order valence-electron chi connectivity index (χ3n) is 3.82. The maximum Gasteiger partial charge on any atom is 0.372 e.